The van der Waals surface area contributed by atoms with Gasteiger partial charge < -0.3 is 20.1 Å². The summed E-state index contributed by atoms with van der Waals surface area (Å²) < 4.78 is 11.3. The second-order valence-electron chi connectivity index (χ2n) is 6.46. The van der Waals surface area contributed by atoms with Crippen LogP contribution in [0, 0.1) is 0 Å². The Morgan fingerprint density at radius 1 is 0.966 bits per heavy atom. The Morgan fingerprint density at radius 3 is 2.31 bits per heavy atom. The Morgan fingerprint density at radius 2 is 1.66 bits per heavy atom. The maximum atomic E-state index is 12.6. The van der Waals surface area contributed by atoms with Gasteiger partial charge in [-0.2, -0.15) is 0 Å². The van der Waals surface area contributed by atoms with Gasteiger partial charge in [-0.25, -0.2) is 9.97 Å². The number of carbonyl (C=O) groups excluding carboxylic acids is 1. The molecule has 0 aliphatic rings. The van der Waals surface area contributed by atoms with Crippen molar-refractivity contribution in [3.63, 3.8) is 0 Å². The zero-order valence-corrected chi connectivity index (χ0v) is 16.7. The molecule has 0 atom stereocenters. The fraction of sp³-hybridized carbons (Fsp3) is 0.227. The number of ether oxygens (including phenoxy) is 2. The van der Waals surface area contributed by atoms with Gasteiger partial charge in [0.1, 0.15) is 23.0 Å². The number of para-hydroxylation sites is 4. The molecule has 0 fully saturated rings. The van der Waals surface area contributed by atoms with Gasteiger partial charge in [-0.1, -0.05) is 24.3 Å². The van der Waals surface area contributed by atoms with Crippen molar-refractivity contribution in [3.05, 3.63) is 66.6 Å². The first-order valence-electron chi connectivity index (χ1n) is 9.44. The summed E-state index contributed by atoms with van der Waals surface area (Å²) in [5.41, 5.74) is 1.56. The minimum absolute atomic E-state index is 0.00207. The van der Waals surface area contributed by atoms with E-state index in [1.165, 1.54) is 12.4 Å². The van der Waals surface area contributed by atoms with Gasteiger partial charge in [0.15, 0.2) is 0 Å². The normalized spacial score (nSPS) is 10.5. The zero-order valence-electron chi connectivity index (χ0n) is 16.7. The minimum atomic E-state index is -0.362. The van der Waals surface area contributed by atoms with Crippen molar-refractivity contribution in [2.24, 2.45) is 0 Å². The first-order valence-corrected chi connectivity index (χ1v) is 9.44. The molecular formula is C22H24N4O3. The third-order valence-electron chi connectivity index (χ3n) is 3.83. The number of rotatable bonds is 8. The molecule has 0 saturated heterocycles. The molecule has 0 saturated carbocycles. The van der Waals surface area contributed by atoms with Gasteiger partial charge in [0, 0.05) is 0 Å². The van der Waals surface area contributed by atoms with Gasteiger partial charge >= 0.3 is 0 Å². The maximum absolute atomic E-state index is 12.6. The molecule has 150 valence electrons. The highest BCUT2D eigenvalue weighted by Gasteiger charge is 2.13. The lowest BCUT2D eigenvalue weighted by atomic mass is 10.2. The second-order valence-corrected chi connectivity index (χ2v) is 6.46. The Balaban J connectivity index is 1.70. The van der Waals surface area contributed by atoms with Crippen LogP contribution in [0.1, 0.15) is 31.3 Å². The Hall–Kier alpha value is -3.61. The smallest absolute Gasteiger partial charge is 0.275 e. The molecule has 2 N–H and O–H groups in total. The summed E-state index contributed by atoms with van der Waals surface area (Å²) in [4.78, 5) is 21.1. The molecule has 1 heterocycles. The number of nitrogens with one attached hydrogen (secondary N) is 2. The van der Waals surface area contributed by atoms with Crippen molar-refractivity contribution >= 4 is 23.1 Å². The van der Waals surface area contributed by atoms with Crippen LogP contribution in [0.25, 0.3) is 0 Å². The Kier molecular flexibility index (Phi) is 6.63. The van der Waals surface area contributed by atoms with E-state index in [-0.39, 0.29) is 17.7 Å². The largest absolute Gasteiger partial charge is 0.492 e. The molecule has 29 heavy (non-hydrogen) atoms. The fourth-order valence-electron chi connectivity index (χ4n) is 2.61. The third kappa shape index (κ3) is 5.44. The quantitative estimate of drug-likeness (QED) is 0.580. The summed E-state index contributed by atoms with van der Waals surface area (Å²) in [6.07, 6.45) is 2.93. The molecule has 3 rings (SSSR count). The molecule has 0 aliphatic carbocycles. The second kappa shape index (κ2) is 9.54. The van der Waals surface area contributed by atoms with Gasteiger partial charge in [-0.15, -0.1) is 0 Å². The summed E-state index contributed by atoms with van der Waals surface area (Å²) in [6, 6.07) is 14.8. The van der Waals surface area contributed by atoms with Crippen LogP contribution in [0.2, 0.25) is 0 Å². The molecule has 0 bridgehead atoms. The number of carbonyl (C=O) groups is 1. The van der Waals surface area contributed by atoms with Gasteiger partial charge in [0.25, 0.3) is 5.91 Å². The average molecular weight is 392 g/mol. The van der Waals surface area contributed by atoms with E-state index >= 15 is 0 Å². The summed E-state index contributed by atoms with van der Waals surface area (Å²) >= 11 is 0. The van der Waals surface area contributed by atoms with E-state index in [2.05, 4.69) is 20.6 Å². The number of aromatic nitrogens is 2. The third-order valence-corrected chi connectivity index (χ3v) is 3.83. The fourth-order valence-corrected chi connectivity index (χ4v) is 2.61. The Bertz CT molecular complexity index is 958. The van der Waals surface area contributed by atoms with Crippen molar-refractivity contribution in [2.75, 3.05) is 17.2 Å². The molecule has 0 unspecified atom stereocenters. The molecule has 7 heteroatoms. The molecular weight excluding hydrogens is 368 g/mol. The number of amides is 1. The van der Waals surface area contributed by atoms with E-state index in [1.54, 1.807) is 6.07 Å². The van der Waals surface area contributed by atoms with Crippen molar-refractivity contribution in [1.29, 1.82) is 0 Å². The average Bonchev–Trinajstić information content (AvgIpc) is 2.71. The predicted octanol–water partition coefficient (Wildman–Crippen LogP) is 4.66. The topological polar surface area (TPSA) is 85.4 Å². The van der Waals surface area contributed by atoms with Crippen molar-refractivity contribution in [3.8, 4) is 11.5 Å². The number of hydrogen-bond acceptors (Lipinski definition) is 6. The molecule has 0 radical (unpaired) electrons. The number of hydrogen-bond donors (Lipinski definition) is 2. The lowest BCUT2D eigenvalue weighted by molar-refractivity contribution is 0.102. The summed E-state index contributed by atoms with van der Waals surface area (Å²) in [6.45, 7) is 6.35. The molecule has 3 aromatic rings. The Labute approximate surface area is 170 Å². The standard InChI is InChI=1S/C22H24N4O3/c1-4-28-19-11-7-5-9-16(19)25-21-14-23-18(13-24-21)22(27)26-17-10-6-8-12-20(17)29-15(2)3/h5-15H,4H2,1-3H3,(H,24,25)(H,26,27). The monoisotopic (exact) mass is 392 g/mol. The molecule has 2 aromatic carbocycles. The van der Waals surface area contributed by atoms with Crippen LogP contribution < -0.4 is 20.1 Å². The lowest BCUT2D eigenvalue weighted by Gasteiger charge is -2.14. The van der Waals surface area contributed by atoms with Gasteiger partial charge in [0.05, 0.1) is 36.5 Å². The van der Waals surface area contributed by atoms with E-state index in [0.717, 1.165) is 11.4 Å². The van der Waals surface area contributed by atoms with E-state index in [4.69, 9.17) is 9.47 Å². The van der Waals surface area contributed by atoms with Crippen LogP contribution in [-0.4, -0.2) is 28.6 Å². The molecule has 1 aromatic heterocycles. The zero-order chi connectivity index (χ0) is 20.6. The van der Waals surface area contributed by atoms with Crippen molar-refractivity contribution in [2.45, 2.75) is 26.9 Å². The SMILES string of the molecule is CCOc1ccccc1Nc1cnc(C(=O)Nc2ccccc2OC(C)C)cn1. The highest BCUT2D eigenvalue weighted by atomic mass is 16.5. The van der Waals surface area contributed by atoms with Gasteiger partial charge in [-0.05, 0) is 45.0 Å². The van der Waals surface area contributed by atoms with Crippen LogP contribution in [0.4, 0.5) is 17.2 Å². The summed E-state index contributed by atoms with van der Waals surface area (Å²) in [5.74, 6) is 1.48. The van der Waals surface area contributed by atoms with Crippen molar-refractivity contribution in [1.82, 2.24) is 9.97 Å². The van der Waals surface area contributed by atoms with Crippen LogP contribution in [0.3, 0.4) is 0 Å². The number of benzene rings is 2. The van der Waals surface area contributed by atoms with E-state index in [9.17, 15) is 4.79 Å². The van der Waals surface area contributed by atoms with Crippen LogP contribution >= 0.6 is 0 Å². The molecule has 0 aliphatic heterocycles. The minimum Gasteiger partial charge on any atom is -0.492 e. The molecule has 7 nitrogen and oxygen atoms in total. The van der Waals surface area contributed by atoms with E-state index in [0.29, 0.717) is 23.9 Å². The maximum Gasteiger partial charge on any atom is 0.275 e. The first kappa shape index (κ1) is 20.1. The van der Waals surface area contributed by atoms with Gasteiger partial charge in [-0.3, -0.25) is 4.79 Å². The first-order chi connectivity index (χ1) is 14.1. The van der Waals surface area contributed by atoms with Crippen LogP contribution in [-0.2, 0) is 0 Å². The summed E-state index contributed by atoms with van der Waals surface area (Å²) in [5, 5.41) is 5.97. The number of nitrogens with zero attached hydrogens (tertiary/aromatic N) is 2. The summed E-state index contributed by atoms with van der Waals surface area (Å²) in [7, 11) is 0. The van der Waals surface area contributed by atoms with E-state index < -0.39 is 0 Å². The highest BCUT2D eigenvalue weighted by Crippen LogP contribution is 2.27. The highest BCUT2D eigenvalue weighted by molar-refractivity contribution is 6.03. The van der Waals surface area contributed by atoms with Crippen LogP contribution in [0.5, 0.6) is 11.5 Å². The molecule has 1 amide bonds. The number of anilines is 3. The van der Waals surface area contributed by atoms with Crippen molar-refractivity contribution < 1.29 is 14.3 Å². The van der Waals surface area contributed by atoms with Crippen LogP contribution in [0.15, 0.2) is 60.9 Å². The van der Waals surface area contributed by atoms with E-state index in [1.807, 2.05) is 63.2 Å². The molecule has 0 spiro atoms. The lowest BCUT2D eigenvalue weighted by Crippen LogP contribution is -2.16. The van der Waals surface area contributed by atoms with Gasteiger partial charge in [0.2, 0.25) is 0 Å². The predicted molar refractivity (Wildman–Crippen MR) is 113 cm³/mol.